The van der Waals surface area contributed by atoms with Crippen molar-refractivity contribution < 1.29 is 13.6 Å². The van der Waals surface area contributed by atoms with Crippen LogP contribution in [0, 0.1) is 19.7 Å². The van der Waals surface area contributed by atoms with Gasteiger partial charge in [-0.1, -0.05) is 12.1 Å². The van der Waals surface area contributed by atoms with Crippen LogP contribution in [0.1, 0.15) is 47.8 Å². The molecule has 9 heteroatoms. The first-order valence-electron chi connectivity index (χ1n) is 10.6. The van der Waals surface area contributed by atoms with Gasteiger partial charge in [-0.05, 0) is 80.0 Å². The van der Waals surface area contributed by atoms with Crippen molar-refractivity contribution >= 4 is 5.91 Å². The lowest BCUT2D eigenvalue weighted by Gasteiger charge is -2.27. The summed E-state index contributed by atoms with van der Waals surface area (Å²) in [6, 6.07) is 9.38. The molecule has 2 atom stereocenters. The predicted molar refractivity (Wildman–Crippen MR) is 112 cm³/mol. The maximum atomic E-state index is 13.3. The number of nitrogens with zero attached hydrogens (tertiary/aromatic N) is 5. The molecule has 0 bridgehead atoms. The first kappa shape index (κ1) is 21.2. The Balaban J connectivity index is 1.51. The number of likely N-dealkylation sites (tertiary alicyclic amines) is 1. The van der Waals surface area contributed by atoms with E-state index in [-0.39, 0.29) is 17.8 Å². The third-order valence-electron chi connectivity index (χ3n) is 5.74. The standard InChI is InChI=1S/C22H27FN6O2/c1-15-5-10-21(31-15)20(28-11-3-4-12-28)14-24-22(30)19(29-16(2)25-26-27-29)13-17-6-8-18(23)9-7-17/h5-10,19-20H,3-4,11-14H2,1-2H3,(H,24,30). The second kappa shape index (κ2) is 9.38. The van der Waals surface area contributed by atoms with Crippen molar-refractivity contribution in [2.45, 2.75) is 45.2 Å². The van der Waals surface area contributed by atoms with E-state index in [9.17, 15) is 9.18 Å². The van der Waals surface area contributed by atoms with Crippen molar-refractivity contribution in [2.24, 2.45) is 0 Å². The van der Waals surface area contributed by atoms with E-state index < -0.39 is 6.04 Å². The van der Waals surface area contributed by atoms with E-state index in [1.165, 1.54) is 16.8 Å². The highest BCUT2D eigenvalue weighted by atomic mass is 19.1. The van der Waals surface area contributed by atoms with Crippen molar-refractivity contribution in [1.29, 1.82) is 0 Å². The van der Waals surface area contributed by atoms with Gasteiger partial charge >= 0.3 is 0 Å². The number of hydrogen-bond donors (Lipinski definition) is 1. The van der Waals surface area contributed by atoms with Crippen LogP contribution in [0.25, 0.3) is 0 Å². The van der Waals surface area contributed by atoms with E-state index in [4.69, 9.17) is 4.42 Å². The van der Waals surface area contributed by atoms with Gasteiger partial charge < -0.3 is 9.73 Å². The molecule has 3 aromatic rings. The number of aromatic nitrogens is 4. The van der Waals surface area contributed by atoms with E-state index in [0.717, 1.165) is 43.0 Å². The van der Waals surface area contributed by atoms with E-state index in [1.807, 2.05) is 19.1 Å². The van der Waals surface area contributed by atoms with Crippen LogP contribution in [-0.2, 0) is 11.2 Å². The summed E-state index contributed by atoms with van der Waals surface area (Å²) in [6.45, 7) is 6.05. The average molecular weight is 426 g/mol. The first-order valence-corrected chi connectivity index (χ1v) is 10.6. The number of benzene rings is 1. The Labute approximate surface area is 180 Å². The van der Waals surface area contributed by atoms with Crippen LogP contribution in [-0.4, -0.2) is 50.6 Å². The Morgan fingerprint density at radius 3 is 2.52 bits per heavy atom. The largest absolute Gasteiger partial charge is 0.465 e. The monoisotopic (exact) mass is 426 g/mol. The molecule has 0 aliphatic carbocycles. The lowest BCUT2D eigenvalue weighted by atomic mass is 10.0. The Kier molecular flexibility index (Phi) is 6.41. The summed E-state index contributed by atoms with van der Waals surface area (Å²) < 4.78 is 20.7. The number of tetrazole rings is 1. The lowest BCUT2D eigenvalue weighted by Crippen LogP contribution is -2.40. The van der Waals surface area contributed by atoms with Gasteiger partial charge in [0, 0.05) is 13.0 Å². The molecule has 31 heavy (non-hydrogen) atoms. The molecule has 1 fully saturated rings. The molecular formula is C22H27FN6O2. The zero-order valence-electron chi connectivity index (χ0n) is 17.8. The fourth-order valence-corrected chi connectivity index (χ4v) is 4.07. The maximum Gasteiger partial charge on any atom is 0.245 e. The number of carbonyl (C=O) groups is 1. The van der Waals surface area contributed by atoms with Gasteiger partial charge in [-0.3, -0.25) is 9.69 Å². The van der Waals surface area contributed by atoms with E-state index in [2.05, 4.69) is 25.7 Å². The summed E-state index contributed by atoms with van der Waals surface area (Å²) >= 11 is 0. The summed E-state index contributed by atoms with van der Waals surface area (Å²) in [7, 11) is 0. The summed E-state index contributed by atoms with van der Waals surface area (Å²) in [4.78, 5) is 15.6. The third-order valence-corrected chi connectivity index (χ3v) is 5.74. The van der Waals surface area contributed by atoms with Crippen LogP contribution in [0.5, 0.6) is 0 Å². The zero-order chi connectivity index (χ0) is 21.8. The molecular weight excluding hydrogens is 399 g/mol. The molecule has 2 unspecified atom stereocenters. The number of amides is 1. The quantitative estimate of drug-likeness (QED) is 0.596. The molecule has 1 saturated heterocycles. The number of nitrogens with one attached hydrogen (secondary N) is 1. The summed E-state index contributed by atoms with van der Waals surface area (Å²) in [5.74, 6) is 1.75. The van der Waals surface area contributed by atoms with Gasteiger partial charge in [-0.2, -0.15) is 0 Å². The Bertz CT molecular complexity index is 1010. The van der Waals surface area contributed by atoms with Gasteiger partial charge in [-0.25, -0.2) is 9.07 Å². The molecule has 1 N–H and O–H groups in total. The predicted octanol–water partition coefficient (Wildman–Crippen LogP) is 2.76. The number of carbonyl (C=O) groups excluding carboxylic acids is 1. The highest BCUT2D eigenvalue weighted by Crippen LogP contribution is 2.26. The van der Waals surface area contributed by atoms with Crippen LogP contribution in [0.2, 0.25) is 0 Å². The number of rotatable bonds is 8. The van der Waals surface area contributed by atoms with Gasteiger partial charge in [0.2, 0.25) is 5.91 Å². The molecule has 4 rings (SSSR count). The molecule has 0 radical (unpaired) electrons. The summed E-state index contributed by atoms with van der Waals surface area (Å²) in [5, 5.41) is 14.7. The highest BCUT2D eigenvalue weighted by Gasteiger charge is 2.29. The second-order valence-corrected chi connectivity index (χ2v) is 7.97. The minimum absolute atomic E-state index is 0.0263. The molecule has 1 amide bonds. The van der Waals surface area contributed by atoms with Crippen LogP contribution >= 0.6 is 0 Å². The van der Waals surface area contributed by atoms with E-state index in [0.29, 0.717) is 18.8 Å². The average Bonchev–Trinajstić information content (AvgIpc) is 3.51. The Morgan fingerprint density at radius 1 is 1.16 bits per heavy atom. The minimum atomic E-state index is -0.641. The number of aryl methyl sites for hydroxylation is 2. The van der Waals surface area contributed by atoms with E-state index >= 15 is 0 Å². The van der Waals surface area contributed by atoms with Crippen LogP contribution < -0.4 is 5.32 Å². The van der Waals surface area contributed by atoms with Crippen molar-refractivity contribution in [3.8, 4) is 0 Å². The topological polar surface area (TPSA) is 89.1 Å². The van der Waals surface area contributed by atoms with Crippen molar-refractivity contribution in [2.75, 3.05) is 19.6 Å². The van der Waals surface area contributed by atoms with Gasteiger partial charge in [0.15, 0.2) is 0 Å². The first-order chi connectivity index (χ1) is 15.0. The SMILES string of the molecule is Cc1ccc(C(CNC(=O)C(Cc2ccc(F)cc2)n2nnnc2C)N2CCCC2)o1. The number of halogens is 1. The van der Waals surface area contributed by atoms with Crippen molar-refractivity contribution in [1.82, 2.24) is 30.4 Å². The van der Waals surface area contributed by atoms with Gasteiger partial charge in [0.05, 0.1) is 6.04 Å². The zero-order valence-corrected chi connectivity index (χ0v) is 17.8. The number of hydrogen-bond acceptors (Lipinski definition) is 6. The minimum Gasteiger partial charge on any atom is -0.465 e. The summed E-state index contributed by atoms with van der Waals surface area (Å²) in [6.07, 6.45) is 2.63. The smallest absolute Gasteiger partial charge is 0.245 e. The molecule has 0 saturated carbocycles. The molecule has 1 aliphatic heterocycles. The number of furan rings is 1. The van der Waals surface area contributed by atoms with Crippen molar-refractivity contribution in [3.05, 3.63) is 65.1 Å². The van der Waals surface area contributed by atoms with Gasteiger partial charge in [0.25, 0.3) is 0 Å². The van der Waals surface area contributed by atoms with Gasteiger partial charge in [-0.15, -0.1) is 5.10 Å². The molecule has 2 aromatic heterocycles. The Hall–Kier alpha value is -3.07. The highest BCUT2D eigenvalue weighted by molar-refractivity contribution is 5.80. The van der Waals surface area contributed by atoms with E-state index in [1.54, 1.807) is 19.1 Å². The normalized spacial score (nSPS) is 16.4. The molecule has 8 nitrogen and oxygen atoms in total. The fourth-order valence-electron chi connectivity index (χ4n) is 4.07. The molecule has 164 valence electrons. The Morgan fingerprint density at radius 2 is 1.90 bits per heavy atom. The summed E-state index contributed by atoms with van der Waals surface area (Å²) in [5.41, 5.74) is 0.828. The van der Waals surface area contributed by atoms with Crippen LogP contribution in [0.15, 0.2) is 40.8 Å². The second-order valence-electron chi connectivity index (χ2n) is 7.97. The molecule has 0 spiro atoms. The fraction of sp³-hybridized carbons (Fsp3) is 0.455. The lowest BCUT2D eigenvalue weighted by molar-refractivity contribution is -0.125. The third kappa shape index (κ3) is 4.99. The van der Waals surface area contributed by atoms with Crippen molar-refractivity contribution in [3.63, 3.8) is 0 Å². The molecule has 1 aromatic carbocycles. The van der Waals surface area contributed by atoms with Gasteiger partial charge in [0.1, 0.15) is 29.2 Å². The maximum absolute atomic E-state index is 13.3. The van der Waals surface area contributed by atoms with Crippen LogP contribution in [0.4, 0.5) is 4.39 Å². The molecule has 1 aliphatic rings. The van der Waals surface area contributed by atoms with Crippen LogP contribution in [0.3, 0.4) is 0 Å². The molecule has 3 heterocycles.